The van der Waals surface area contributed by atoms with Crippen molar-refractivity contribution in [1.82, 2.24) is 9.62 Å². The number of hydrogen-bond acceptors (Lipinski definition) is 4. The highest BCUT2D eigenvalue weighted by Gasteiger charge is 2.29. The van der Waals surface area contributed by atoms with Gasteiger partial charge in [0, 0.05) is 26.2 Å². The fourth-order valence-electron chi connectivity index (χ4n) is 3.19. The molecule has 0 radical (unpaired) electrons. The van der Waals surface area contributed by atoms with Crippen LogP contribution >= 0.6 is 0 Å². The minimum Gasteiger partial charge on any atom is -0.378 e. The summed E-state index contributed by atoms with van der Waals surface area (Å²) in [6, 6.07) is 0. The van der Waals surface area contributed by atoms with Crippen molar-refractivity contribution < 1.29 is 17.9 Å². The number of hydrogen-bond donors (Lipinski definition) is 1. The lowest BCUT2D eigenvalue weighted by Gasteiger charge is -2.30. The van der Waals surface area contributed by atoms with E-state index in [1.807, 2.05) is 0 Å². The second-order valence-corrected chi connectivity index (χ2v) is 8.36. The van der Waals surface area contributed by atoms with E-state index in [2.05, 4.69) is 5.32 Å². The van der Waals surface area contributed by atoms with Gasteiger partial charge in [-0.1, -0.05) is 12.8 Å². The van der Waals surface area contributed by atoms with Crippen LogP contribution in [-0.2, 0) is 19.6 Å². The Labute approximate surface area is 133 Å². The van der Waals surface area contributed by atoms with Crippen LogP contribution in [0.2, 0.25) is 0 Å². The molecule has 1 aliphatic carbocycles. The zero-order valence-corrected chi connectivity index (χ0v) is 14.2. The molecule has 7 heteroatoms. The first-order valence-corrected chi connectivity index (χ1v) is 10.2. The van der Waals surface area contributed by atoms with Crippen molar-refractivity contribution >= 4 is 15.9 Å². The van der Waals surface area contributed by atoms with Crippen LogP contribution < -0.4 is 5.32 Å². The van der Waals surface area contributed by atoms with Crippen LogP contribution in [0, 0.1) is 5.92 Å². The van der Waals surface area contributed by atoms with Crippen molar-refractivity contribution in [3.63, 3.8) is 0 Å². The van der Waals surface area contributed by atoms with Gasteiger partial charge in [0.2, 0.25) is 15.9 Å². The fourth-order valence-corrected chi connectivity index (χ4v) is 4.10. The summed E-state index contributed by atoms with van der Waals surface area (Å²) in [6.07, 6.45) is 8.79. The first-order chi connectivity index (χ1) is 10.5. The molecule has 2 aliphatic rings. The molecule has 0 aromatic carbocycles. The van der Waals surface area contributed by atoms with Crippen LogP contribution in [0.1, 0.15) is 44.9 Å². The summed E-state index contributed by atoms with van der Waals surface area (Å²) in [5.74, 6) is -0.256. The second kappa shape index (κ2) is 8.26. The lowest BCUT2D eigenvalue weighted by molar-refractivity contribution is -0.126. The van der Waals surface area contributed by atoms with Gasteiger partial charge in [-0.2, -0.15) is 0 Å². The van der Waals surface area contributed by atoms with Crippen LogP contribution in [0.3, 0.4) is 0 Å². The summed E-state index contributed by atoms with van der Waals surface area (Å²) in [7, 11) is -3.20. The number of rotatable bonds is 7. The maximum absolute atomic E-state index is 12.1. The fraction of sp³-hybridized carbons (Fsp3) is 0.933. The first-order valence-electron chi connectivity index (χ1n) is 8.31. The second-order valence-electron chi connectivity index (χ2n) is 6.38. The minimum atomic E-state index is -3.20. The van der Waals surface area contributed by atoms with Gasteiger partial charge in [-0.25, -0.2) is 12.7 Å². The third-order valence-corrected chi connectivity index (χ3v) is 5.77. The molecule has 1 saturated heterocycles. The van der Waals surface area contributed by atoms with Crippen molar-refractivity contribution in [3.05, 3.63) is 0 Å². The van der Waals surface area contributed by atoms with Gasteiger partial charge in [0.05, 0.1) is 18.3 Å². The molecule has 2 fully saturated rings. The standard InChI is InChI=1S/C15H28N2O4S/c1-22(19,20)17-10-4-6-13(12-17)15(18)16-9-5-11-21-14-7-2-3-8-14/h13-14H,2-12H2,1H3,(H,16,18). The Morgan fingerprint density at radius 2 is 1.95 bits per heavy atom. The molecule has 0 spiro atoms. The Kier molecular flexibility index (Phi) is 6.65. The number of sulfonamides is 1. The molecule has 1 N–H and O–H groups in total. The van der Waals surface area contributed by atoms with E-state index < -0.39 is 10.0 Å². The van der Waals surface area contributed by atoms with Crippen LogP contribution in [0.25, 0.3) is 0 Å². The predicted octanol–water partition coefficient (Wildman–Crippen LogP) is 1.12. The molecular formula is C15H28N2O4S. The molecule has 1 saturated carbocycles. The number of amides is 1. The van der Waals surface area contributed by atoms with Crippen LogP contribution in [0.4, 0.5) is 0 Å². The molecule has 2 rings (SSSR count). The Morgan fingerprint density at radius 3 is 2.64 bits per heavy atom. The normalized spacial score (nSPS) is 24.5. The predicted molar refractivity (Wildman–Crippen MR) is 85.0 cm³/mol. The maximum atomic E-state index is 12.1. The molecule has 0 bridgehead atoms. The van der Waals surface area contributed by atoms with Crippen LogP contribution in [-0.4, -0.2) is 57.2 Å². The van der Waals surface area contributed by atoms with E-state index in [0.29, 0.717) is 32.3 Å². The summed E-state index contributed by atoms with van der Waals surface area (Å²) in [5, 5.41) is 2.91. The molecule has 0 aromatic heterocycles. The van der Waals surface area contributed by atoms with E-state index in [9.17, 15) is 13.2 Å². The summed E-state index contributed by atoms with van der Waals surface area (Å²) in [6.45, 7) is 2.12. The van der Waals surface area contributed by atoms with Crippen LogP contribution in [0.15, 0.2) is 0 Å². The number of nitrogens with one attached hydrogen (secondary N) is 1. The maximum Gasteiger partial charge on any atom is 0.224 e. The van der Waals surface area contributed by atoms with Gasteiger partial charge >= 0.3 is 0 Å². The van der Waals surface area contributed by atoms with E-state index >= 15 is 0 Å². The lowest BCUT2D eigenvalue weighted by Crippen LogP contribution is -2.45. The lowest BCUT2D eigenvalue weighted by atomic mass is 9.99. The van der Waals surface area contributed by atoms with E-state index in [0.717, 1.165) is 32.1 Å². The molecule has 0 aromatic rings. The van der Waals surface area contributed by atoms with Gasteiger partial charge in [-0.15, -0.1) is 0 Å². The van der Waals surface area contributed by atoms with E-state index in [1.165, 1.54) is 23.4 Å². The van der Waals surface area contributed by atoms with Gasteiger partial charge in [0.1, 0.15) is 0 Å². The average molecular weight is 332 g/mol. The number of piperidine rings is 1. The highest BCUT2D eigenvalue weighted by atomic mass is 32.2. The summed E-state index contributed by atoms with van der Waals surface area (Å²) < 4.78 is 30.3. The quantitative estimate of drug-likeness (QED) is 0.709. The Hall–Kier alpha value is -0.660. The van der Waals surface area contributed by atoms with Crippen molar-refractivity contribution in [1.29, 1.82) is 0 Å². The van der Waals surface area contributed by atoms with Gasteiger partial charge in [-0.05, 0) is 32.1 Å². The average Bonchev–Trinajstić information content (AvgIpc) is 2.99. The molecule has 1 aliphatic heterocycles. The molecular weight excluding hydrogens is 304 g/mol. The number of carbonyl (C=O) groups is 1. The van der Waals surface area contributed by atoms with E-state index in [4.69, 9.17) is 4.74 Å². The Bertz CT molecular complexity index is 460. The first kappa shape index (κ1) is 17.7. The number of nitrogens with zero attached hydrogens (tertiary/aromatic N) is 1. The highest BCUT2D eigenvalue weighted by molar-refractivity contribution is 7.88. The Morgan fingerprint density at radius 1 is 1.23 bits per heavy atom. The zero-order valence-electron chi connectivity index (χ0n) is 13.4. The van der Waals surface area contributed by atoms with E-state index in [-0.39, 0.29) is 11.8 Å². The van der Waals surface area contributed by atoms with Crippen LogP contribution in [0.5, 0.6) is 0 Å². The third-order valence-electron chi connectivity index (χ3n) is 4.50. The smallest absolute Gasteiger partial charge is 0.224 e. The van der Waals surface area contributed by atoms with Gasteiger partial charge < -0.3 is 10.1 Å². The largest absolute Gasteiger partial charge is 0.378 e. The monoisotopic (exact) mass is 332 g/mol. The SMILES string of the molecule is CS(=O)(=O)N1CCCC(C(=O)NCCCOC2CCCC2)C1. The topological polar surface area (TPSA) is 75.7 Å². The van der Waals surface area contributed by atoms with Gasteiger partial charge in [-0.3, -0.25) is 4.79 Å². The van der Waals surface area contributed by atoms with E-state index in [1.54, 1.807) is 0 Å². The number of ether oxygens (including phenoxy) is 1. The third kappa shape index (κ3) is 5.52. The van der Waals surface area contributed by atoms with Crippen molar-refractivity contribution in [2.75, 3.05) is 32.5 Å². The summed E-state index contributed by atoms with van der Waals surface area (Å²) >= 11 is 0. The van der Waals surface area contributed by atoms with Crippen molar-refractivity contribution in [3.8, 4) is 0 Å². The number of carbonyl (C=O) groups excluding carboxylic acids is 1. The minimum absolute atomic E-state index is 0.0331. The molecule has 128 valence electrons. The molecule has 1 heterocycles. The molecule has 1 atom stereocenters. The molecule has 6 nitrogen and oxygen atoms in total. The van der Waals surface area contributed by atoms with Gasteiger partial charge in [0.25, 0.3) is 0 Å². The van der Waals surface area contributed by atoms with Crippen molar-refractivity contribution in [2.45, 2.75) is 51.0 Å². The summed E-state index contributed by atoms with van der Waals surface area (Å²) in [4.78, 5) is 12.1. The zero-order chi connectivity index (χ0) is 16.0. The highest BCUT2D eigenvalue weighted by Crippen LogP contribution is 2.21. The molecule has 1 unspecified atom stereocenters. The molecule has 1 amide bonds. The summed E-state index contributed by atoms with van der Waals surface area (Å²) in [5.41, 5.74) is 0. The molecule has 22 heavy (non-hydrogen) atoms. The van der Waals surface area contributed by atoms with Crippen molar-refractivity contribution in [2.24, 2.45) is 5.92 Å². The van der Waals surface area contributed by atoms with Gasteiger partial charge in [0.15, 0.2) is 0 Å². The Balaban J connectivity index is 1.62.